The van der Waals surface area contributed by atoms with Crippen LogP contribution in [-0.2, 0) is 5.41 Å². The second-order valence-corrected chi connectivity index (χ2v) is 6.20. The van der Waals surface area contributed by atoms with E-state index in [4.69, 9.17) is 0 Å². The van der Waals surface area contributed by atoms with Gasteiger partial charge in [-0.15, -0.1) is 0 Å². The van der Waals surface area contributed by atoms with Crippen LogP contribution in [0.5, 0.6) is 0 Å². The van der Waals surface area contributed by atoms with Crippen molar-refractivity contribution in [3.05, 3.63) is 29.6 Å². The van der Waals surface area contributed by atoms with Crippen molar-refractivity contribution in [3.63, 3.8) is 0 Å². The lowest BCUT2D eigenvalue weighted by atomic mass is 9.86. The summed E-state index contributed by atoms with van der Waals surface area (Å²) in [7, 11) is 2.13. The highest BCUT2D eigenvalue weighted by atomic mass is 19.1. The van der Waals surface area contributed by atoms with Crippen LogP contribution in [0.3, 0.4) is 0 Å². The fraction of sp³-hybridized carbons (Fsp3) is 0.600. The van der Waals surface area contributed by atoms with Gasteiger partial charge < -0.3 is 9.80 Å². The van der Waals surface area contributed by atoms with E-state index < -0.39 is 0 Å². The molecule has 18 heavy (non-hydrogen) atoms. The van der Waals surface area contributed by atoms with E-state index in [-0.39, 0.29) is 11.2 Å². The normalized spacial score (nSPS) is 18.2. The van der Waals surface area contributed by atoms with Crippen molar-refractivity contribution in [2.24, 2.45) is 0 Å². The summed E-state index contributed by atoms with van der Waals surface area (Å²) in [5, 5.41) is 0. The number of hydrogen-bond acceptors (Lipinski definition) is 2. The average molecular weight is 250 g/mol. The SMILES string of the molecule is CN1CCN(c2ccc(C(C)(C)C)c(F)c2)CC1. The largest absolute Gasteiger partial charge is 0.369 e. The first kappa shape index (κ1) is 13.3. The third-order valence-electron chi connectivity index (χ3n) is 3.63. The van der Waals surface area contributed by atoms with E-state index in [9.17, 15) is 4.39 Å². The highest BCUT2D eigenvalue weighted by molar-refractivity contribution is 5.49. The third-order valence-corrected chi connectivity index (χ3v) is 3.63. The molecule has 0 atom stereocenters. The van der Waals surface area contributed by atoms with Gasteiger partial charge in [0.15, 0.2) is 0 Å². The monoisotopic (exact) mass is 250 g/mol. The van der Waals surface area contributed by atoms with E-state index in [2.05, 4.69) is 22.9 Å². The second-order valence-electron chi connectivity index (χ2n) is 6.20. The Kier molecular flexibility index (Phi) is 3.62. The molecule has 1 aromatic rings. The number of benzene rings is 1. The van der Waals surface area contributed by atoms with Gasteiger partial charge in [-0.3, -0.25) is 0 Å². The number of nitrogens with zero attached hydrogens (tertiary/aromatic N) is 2. The van der Waals surface area contributed by atoms with Crippen molar-refractivity contribution < 1.29 is 4.39 Å². The Morgan fingerprint density at radius 3 is 2.17 bits per heavy atom. The molecule has 1 aliphatic rings. The van der Waals surface area contributed by atoms with Crippen molar-refractivity contribution in [3.8, 4) is 0 Å². The van der Waals surface area contributed by atoms with Crippen LogP contribution in [-0.4, -0.2) is 38.1 Å². The molecule has 0 N–H and O–H groups in total. The van der Waals surface area contributed by atoms with E-state index in [1.807, 2.05) is 26.8 Å². The van der Waals surface area contributed by atoms with E-state index in [0.29, 0.717) is 0 Å². The predicted octanol–water partition coefficient (Wildman–Crippen LogP) is 2.88. The summed E-state index contributed by atoms with van der Waals surface area (Å²) in [6.45, 7) is 10.2. The van der Waals surface area contributed by atoms with Gasteiger partial charge in [-0.05, 0) is 30.2 Å². The molecule has 0 amide bonds. The molecular weight excluding hydrogens is 227 g/mol. The fourth-order valence-electron chi connectivity index (χ4n) is 2.37. The number of rotatable bonds is 1. The zero-order chi connectivity index (χ0) is 13.3. The van der Waals surface area contributed by atoms with E-state index in [1.54, 1.807) is 6.07 Å². The van der Waals surface area contributed by atoms with Gasteiger partial charge in [-0.25, -0.2) is 4.39 Å². The molecule has 3 heteroatoms. The molecule has 0 unspecified atom stereocenters. The molecule has 0 spiro atoms. The number of halogens is 1. The van der Waals surface area contributed by atoms with Crippen LogP contribution in [0.15, 0.2) is 18.2 Å². The zero-order valence-corrected chi connectivity index (χ0v) is 11.8. The lowest BCUT2D eigenvalue weighted by molar-refractivity contribution is 0.312. The Bertz CT molecular complexity index is 415. The highest BCUT2D eigenvalue weighted by Gasteiger charge is 2.20. The smallest absolute Gasteiger partial charge is 0.128 e. The van der Waals surface area contributed by atoms with Crippen molar-refractivity contribution >= 4 is 5.69 Å². The van der Waals surface area contributed by atoms with Gasteiger partial charge in [-0.2, -0.15) is 0 Å². The number of likely N-dealkylation sites (N-methyl/N-ethyl adjacent to an activating group) is 1. The Balaban J connectivity index is 2.19. The van der Waals surface area contributed by atoms with Crippen LogP contribution >= 0.6 is 0 Å². The van der Waals surface area contributed by atoms with Gasteiger partial charge in [0.25, 0.3) is 0 Å². The third kappa shape index (κ3) is 2.83. The Labute approximate surface area is 109 Å². The van der Waals surface area contributed by atoms with Crippen LogP contribution in [0.2, 0.25) is 0 Å². The number of anilines is 1. The van der Waals surface area contributed by atoms with Crippen LogP contribution in [0.25, 0.3) is 0 Å². The molecule has 0 aliphatic carbocycles. The minimum atomic E-state index is -0.134. The maximum Gasteiger partial charge on any atom is 0.128 e. The molecule has 1 heterocycles. The first-order valence-corrected chi connectivity index (χ1v) is 6.61. The summed E-state index contributed by atoms with van der Waals surface area (Å²) in [5.41, 5.74) is 1.67. The van der Waals surface area contributed by atoms with Gasteiger partial charge in [0, 0.05) is 31.9 Å². The molecule has 0 radical (unpaired) electrons. The number of piperazine rings is 1. The minimum Gasteiger partial charge on any atom is -0.369 e. The first-order valence-electron chi connectivity index (χ1n) is 6.61. The van der Waals surface area contributed by atoms with E-state index in [1.165, 1.54) is 0 Å². The molecule has 1 fully saturated rings. The van der Waals surface area contributed by atoms with Gasteiger partial charge in [0.2, 0.25) is 0 Å². The minimum absolute atomic E-state index is 0.0843. The van der Waals surface area contributed by atoms with Crippen LogP contribution < -0.4 is 4.90 Å². The molecule has 100 valence electrons. The zero-order valence-electron chi connectivity index (χ0n) is 11.8. The molecule has 1 saturated heterocycles. The maximum atomic E-state index is 14.1. The molecule has 0 saturated carbocycles. The van der Waals surface area contributed by atoms with Gasteiger partial charge in [-0.1, -0.05) is 26.8 Å². The van der Waals surface area contributed by atoms with Crippen molar-refractivity contribution in [1.82, 2.24) is 4.90 Å². The Hall–Kier alpha value is -1.09. The second kappa shape index (κ2) is 4.88. The highest BCUT2D eigenvalue weighted by Crippen LogP contribution is 2.28. The van der Waals surface area contributed by atoms with Gasteiger partial charge in [0.05, 0.1) is 0 Å². The van der Waals surface area contributed by atoms with Crippen molar-refractivity contribution in [2.45, 2.75) is 26.2 Å². The van der Waals surface area contributed by atoms with Gasteiger partial charge in [0.1, 0.15) is 5.82 Å². The lowest BCUT2D eigenvalue weighted by Crippen LogP contribution is -2.44. The summed E-state index contributed by atoms with van der Waals surface area (Å²) < 4.78 is 14.1. The summed E-state index contributed by atoms with van der Waals surface area (Å²) >= 11 is 0. The Morgan fingerprint density at radius 2 is 1.67 bits per heavy atom. The fourth-order valence-corrected chi connectivity index (χ4v) is 2.37. The summed E-state index contributed by atoms with van der Waals surface area (Å²) in [5.74, 6) is -0.0843. The molecule has 2 nitrogen and oxygen atoms in total. The molecule has 1 aliphatic heterocycles. The average Bonchev–Trinajstić information content (AvgIpc) is 2.28. The molecule has 1 aromatic carbocycles. The molecule has 0 aromatic heterocycles. The lowest BCUT2D eigenvalue weighted by Gasteiger charge is -2.34. The number of hydrogen-bond donors (Lipinski definition) is 0. The van der Waals surface area contributed by atoms with Crippen LogP contribution in [0, 0.1) is 5.82 Å². The molecule has 2 rings (SSSR count). The first-order chi connectivity index (χ1) is 8.38. The van der Waals surface area contributed by atoms with E-state index in [0.717, 1.165) is 37.4 Å². The topological polar surface area (TPSA) is 6.48 Å². The summed E-state index contributed by atoms with van der Waals surface area (Å²) in [4.78, 5) is 4.56. The van der Waals surface area contributed by atoms with Crippen LogP contribution in [0.1, 0.15) is 26.3 Å². The van der Waals surface area contributed by atoms with Crippen LogP contribution in [0.4, 0.5) is 10.1 Å². The van der Waals surface area contributed by atoms with Crippen molar-refractivity contribution in [2.75, 3.05) is 38.1 Å². The maximum absolute atomic E-state index is 14.1. The van der Waals surface area contributed by atoms with Crippen molar-refractivity contribution in [1.29, 1.82) is 0 Å². The molecule has 0 bridgehead atoms. The quantitative estimate of drug-likeness (QED) is 0.756. The standard InChI is InChI=1S/C15H23FN2/c1-15(2,3)13-6-5-12(11-14(13)16)18-9-7-17(4)8-10-18/h5-6,11H,7-10H2,1-4H3. The molecular formula is C15H23FN2. The van der Waals surface area contributed by atoms with E-state index >= 15 is 0 Å². The Morgan fingerprint density at radius 1 is 1.06 bits per heavy atom. The summed E-state index contributed by atoms with van der Waals surface area (Å²) in [6.07, 6.45) is 0. The van der Waals surface area contributed by atoms with Gasteiger partial charge >= 0.3 is 0 Å². The summed E-state index contributed by atoms with van der Waals surface area (Å²) in [6, 6.07) is 5.67. The predicted molar refractivity (Wildman–Crippen MR) is 74.8 cm³/mol.